The molecule has 0 aromatic heterocycles. The molecular formula is C21H17ClN2O8S. The molecule has 0 atom stereocenters. The van der Waals surface area contributed by atoms with Gasteiger partial charge in [-0.15, -0.1) is 0 Å². The van der Waals surface area contributed by atoms with E-state index in [0.29, 0.717) is 22.5 Å². The lowest BCUT2D eigenvalue weighted by molar-refractivity contribution is -0.386. The van der Waals surface area contributed by atoms with Crippen molar-refractivity contribution in [1.29, 1.82) is 0 Å². The molecule has 0 bridgehead atoms. The maximum Gasteiger partial charge on any atom is 0.353 e. The molecule has 1 saturated heterocycles. The van der Waals surface area contributed by atoms with E-state index in [1.807, 2.05) is 0 Å². The topological polar surface area (TPSA) is 125 Å². The Labute approximate surface area is 197 Å². The minimum atomic E-state index is -0.758. The van der Waals surface area contributed by atoms with E-state index in [0.717, 1.165) is 11.8 Å². The normalized spacial score (nSPS) is 14.5. The van der Waals surface area contributed by atoms with Crippen LogP contribution in [0, 0.1) is 10.1 Å². The van der Waals surface area contributed by atoms with Crippen LogP contribution in [-0.2, 0) is 9.59 Å². The van der Waals surface area contributed by atoms with Crippen LogP contribution in [0.25, 0.3) is 6.08 Å². The molecule has 1 heterocycles. The predicted molar refractivity (Wildman–Crippen MR) is 121 cm³/mol. The number of methoxy groups -OCH3 is 1. The van der Waals surface area contributed by atoms with Gasteiger partial charge in [-0.3, -0.25) is 29.4 Å². The van der Waals surface area contributed by atoms with Crippen molar-refractivity contribution < 1.29 is 33.5 Å². The van der Waals surface area contributed by atoms with Crippen molar-refractivity contribution in [1.82, 2.24) is 4.90 Å². The van der Waals surface area contributed by atoms with Gasteiger partial charge in [0.25, 0.3) is 11.1 Å². The Morgan fingerprint density at radius 3 is 2.58 bits per heavy atom. The molecule has 1 aliphatic rings. The van der Waals surface area contributed by atoms with Crippen molar-refractivity contribution in [2.24, 2.45) is 0 Å². The van der Waals surface area contributed by atoms with Gasteiger partial charge in [-0.2, -0.15) is 0 Å². The Morgan fingerprint density at radius 1 is 1.21 bits per heavy atom. The number of thioether (sulfide) groups is 1. The molecule has 0 spiro atoms. The molecule has 2 amide bonds. The number of nitrogens with zero attached hydrogens (tertiary/aromatic N) is 2. The van der Waals surface area contributed by atoms with Crippen LogP contribution in [0.3, 0.4) is 0 Å². The van der Waals surface area contributed by atoms with Gasteiger partial charge < -0.3 is 14.2 Å². The van der Waals surface area contributed by atoms with Crippen LogP contribution < -0.4 is 14.2 Å². The van der Waals surface area contributed by atoms with E-state index in [2.05, 4.69) is 0 Å². The van der Waals surface area contributed by atoms with Gasteiger partial charge in [0.2, 0.25) is 11.5 Å². The van der Waals surface area contributed by atoms with E-state index in [9.17, 15) is 24.5 Å². The maximum atomic E-state index is 12.8. The number of halogens is 1. The first-order valence-corrected chi connectivity index (χ1v) is 10.6. The average Bonchev–Trinajstić information content (AvgIpc) is 3.02. The second-order valence-electron chi connectivity index (χ2n) is 6.50. The summed E-state index contributed by atoms with van der Waals surface area (Å²) >= 11 is 6.70. The molecule has 0 aliphatic carbocycles. The Hall–Kier alpha value is -3.57. The lowest BCUT2D eigenvalue weighted by Crippen LogP contribution is -2.32. The van der Waals surface area contributed by atoms with E-state index in [1.165, 1.54) is 25.3 Å². The number of esters is 1. The number of nitro benzene ring substituents is 1. The smallest absolute Gasteiger partial charge is 0.353 e. The van der Waals surface area contributed by atoms with Gasteiger partial charge in [0.05, 0.1) is 28.5 Å². The fraction of sp³-hybridized carbons (Fsp3) is 0.190. The SMILES string of the molecule is COc1c(/C=C2\SC(=O)N(CCOc3ccccc3Cl)C2=O)ccc(OC(C)=O)c1[N+](=O)[O-]. The molecule has 172 valence electrons. The number of ether oxygens (including phenoxy) is 3. The fourth-order valence-electron chi connectivity index (χ4n) is 2.95. The van der Waals surface area contributed by atoms with Crippen LogP contribution in [0.5, 0.6) is 17.2 Å². The first kappa shape index (κ1) is 24.1. The molecule has 2 aromatic carbocycles. The van der Waals surface area contributed by atoms with Crippen molar-refractivity contribution in [3.63, 3.8) is 0 Å². The van der Waals surface area contributed by atoms with Gasteiger partial charge >= 0.3 is 11.7 Å². The number of carbonyl (C=O) groups excluding carboxylic acids is 3. The third-order valence-corrected chi connectivity index (χ3v) is 5.55. The lowest BCUT2D eigenvalue weighted by Gasteiger charge is -2.14. The molecule has 10 nitrogen and oxygen atoms in total. The van der Waals surface area contributed by atoms with Crippen LogP contribution in [0.1, 0.15) is 12.5 Å². The number of para-hydroxylation sites is 1. The first-order valence-electron chi connectivity index (χ1n) is 9.39. The van der Waals surface area contributed by atoms with Crippen molar-refractivity contribution >= 4 is 52.2 Å². The zero-order chi connectivity index (χ0) is 24.1. The Bertz CT molecular complexity index is 1170. The highest BCUT2D eigenvalue weighted by Crippen LogP contribution is 2.42. The zero-order valence-electron chi connectivity index (χ0n) is 17.4. The quantitative estimate of drug-likeness (QED) is 0.174. The van der Waals surface area contributed by atoms with E-state index in [-0.39, 0.29) is 35.1 Å². The van der Waals surface area contributed by atoms with Crippen LogP contribution in [-0.4, -0.2) is 47.2 Å². The minimum absolute atomic E-state index is 0.0180. The molecule has 12 heteroatoms. The summed E-state index contributed by atoms with van der Waals surface area (Å²) in [5, 5.41) is 11.4. The molecule has 1 fully saturated rings. The summed E-state index contributed by atoms with van der Waals surface area (Å²) in [6.07, 6.45) is 1.31. The third kappa shape index (κ3) is 5.44. The van der Waals surface area contributed by atoms with E-state index < -0.39 is 27.7 Å². The number of hydrogen-bond acceptors (Lipinski definition) is 9. The highest BCUT2D eigenvalue weighted by Gasteiger charge is 2.36. The number of carbonyl (C=O) groups is 3. The first-order chi connectivity index (χ1) is 15.7. The number of hydrogen-bond donors (Lipinski definition) is 0. The Kier molecular flexibility index (Phi) is 7.56. The maximum absolute atomic E-state index is 12.8. The molecule has 0 N–H and O–H groups in total. The second kappa shape index (κ2) is 10.4. The van der Waals surface area contributed by atoms with E-state index >= 15 is 0 Å². The van der Waals surface area contributed by atoms with Gasteiger partial charge in [-0.25, -0.2) is 0 Å². The molecule has 3 rings (SSSR count). The standard InChI is InChI=1S/C21H17ClN2O8S/c1-12(25)32-16-8-7-13(19(30-2)18(16)24(28)29)11-17-20(26)23(21(27)33-17)9-10-31-15-6-4-3-5-14(15)22/h3-8,11H,9-10H2,1-2H3/b17-11-. The minimum Gasteiger partial charge on any atom is -0.490 e. The second-order valence-corrected chi connectivity index (χ2v) is 7.90. The summed E-state index contributed by atoms with van der Waals surface area (Å²) < 4.78 is 15.6. The van der Waals surface area contributed by atoms with Crippen molar-refractivity contribution in [2.45, 2.75) is 6.92 Å². The van der Waals surface area contributed by atoms with E-state index in [4.69, 9.17) is 25.8 Å². The summed E-state index contributed by atoms with van der Waals surface area (Å²) in [5.74, 6) is -1.42. The predicted octanol–water partition coefficient (Wildman–Crippen LogP) is 4.30. The van der Waals surface area contributed by atoms with Crippen LogP contribution >= 0.6 is 23.4 Å². The third-order valence-electron chi connectivity index (χ3n) is 4.33. The Balaban J connectivity index is 1.82. The van der Waals surface area contributed by atoms with Crippen molar-refractivity contribution in [3.05, 3.63) is 62.0 Å². The van der Waals surface area contributed by atoms with Gasteiger partial charge in [-0.05, 0) is 42.1 Å². The fourth-order valence-corrected chi connectivity index (χ4v) is 4.00. The molecular weight excluding hydrogens is 476 g/mol. The number of imide groups is 1. The van der Waals surface area contributed by atoms with Crippen LogP contribution in [0.15, 0.2) is 41.3 Å². The summed E-state index contributed by atoms with van der Waals surface area (Å²) in [6.45, 7) is 1.12. The largest absolute Gasteiger partial charge is 0.490 e. The summed E-state index contributed by atoms with van der Waals surface area (Å²) in [6, 6.07) is 9.40. The highest BCUT2D eigenvalue weighted by molar-refractivity contribution is 8.18. The van der Waals surface area contributed by atoms with Crippen molar-refractivity contribution in [2.75, 3.05) is 20.3 Å². The van der Waals surface area contributed by atoms with Crippen LogP contribution in [0.4, 0.5) is 10.5 Å². The number of nitro groups is 1. The molecule has 0 radical (unpaired) electrons. The monoisotopic (exact) mass is 492 g/mol. The van der Waals surface area contributed by atoms with Crippen molar-refractivity contribution in [3.8, 4) is 17.2 Å². The molecule has 0 unspecified atom stereocenters. The number of benzene rings is 2. The van der Waals surface area contributed by atoms with Gasteiger partial charge in [0.15, 0.2) is 0 Å². The zero-order valence-corrected chi connectivity index (χ0v) is 19.0. The highest BCUT2D eigenvalue weighted by atomic mass is 35.5. The average molecular weight is 493 g/mol. The van der Waals surface area contributed by atoms with E-state index in [1.54, 1.807) is 24.3 Å². The number of amides is 2. The Morgan fingerprint density at radius 2 is 1.94 bits per heavy atom. The molecule has 33 heavy (non-hydrogen) atoms. The summed E-state index contributed by atoms with van der Waals surface area (Å²) in [4.78, 5) is 48.2. The number of rotatable bonds is 8. The summed E-state index contributed by atoms with van der Waals surface area (Å²) in [7, 11) is 1.20. The molecule has 1 aliphatic heterocycles. The summed E-state index contributed by atoms with van der Waals surface area (Å²) in [5.41, 5.74) is -0.410. The molecule has 2 aromatic rings. The van der Waals surface area contributed by atoms with Crippen LogP contribution in [0.2, 0.25) is 5.02 Å². The van der Waals surface area contributed by atoms with Gasteiger partial charge in [0, 0.05) is 12.5 Å². The molecule has 0 saturated carbocycles. The van der Waals surface area contributed by atoms with Gasteiger partial charge in [0.1, 0.15) is 12.4 Å². The van der Waals surface area contributed by atoms with Gasteiger partial charge in [-0.1, -0.05) is 23.7 Å². The lowest BCUT2D eigenvalue weighted by atomic mass is 10.1.